The molecule has 132 valence electrons. The van der Waals surface area contributed by atoms with Crippen molar-refractivity contribution in [2.24, 2.45) is 0 Å². The molecule has 2 aliphatic rings. The molecule has 2 aliphatic heterocycles. The van der Waals surface area contributed by atoms with E-state index in [9.17, 15) is 12.8 Å². The fourth-order valence-electron chi connectivity index (χ4n) is 3.24. The lowest BCUT2D eigenvalue weighted by Gasteiger charge is -2.46. The Morgan fingerprint density at radius 3 is 2.84 bits per heavy atom. The zero-order valence-electron chi connectivity index (χ0n) is 13.7. The van der Waals surface area contributed by atoms with Crippen LogP contribution in [0.1, 0.15) is 17.1 Å². The van der Waals surface area contributed by atoms with Crippen LogP contribution in [0.3, 0.4) is 0 Å². The van der Waals surface area contributed by atoms with E-state index in [1.807, 2.05) is 0 Å². The highest BCUT2D eigenvalue weighted by Gasteiger charge is 2.55. The van der Waals surface area contributed by atoms with Crippen molar-refractivity contribution in [3.8, 4) is 5.75 Å². The minimum Gasteiger partial charge on any atom is -0.495 e. The van der Waals surface area contributed by atoms with Gasteiger partial charge in [-0.1, -0.05) is 0 Å². The summed E-state index contributed by atoms with van der Waals surface area (Å²) in [4.78, 5) is 8.33. The molecule has 0 atom stereocenters. The van der Waals surface area contributed by atoms with Crippen molar-refractivity contribution in [1.29, 1.82) is 0 Å². The maximum absolute atomic E-state index is 13.5. The summed E-state index contributed by atoms with van der Waals surface area (Å²) in [6.07, 6.45) is 1.69. The molecule has 2 aromatic rings. The number of sulfonamides is 1. The number of methoxy groups -OCH3 is 1. The normalized spacial score (nSPS) is 18.8. The molecule has 0 radical (unpaired) electrons. The van der Waals surface area contributed by atoms with E-state index in [0.717, 1.165) is 23.4 Å². The molecule has 0 N–H and O–H groups in total. The van der Waals surface area contributed by atoms with Gasteiger partial charge in [-0.15, -0.1) is 0 Å². The number of aryl methyl sites for hydroxylation is 1. The Morgan fingerprint density at radius 1 is 1.36 bits per heavy atom. The van der Waals surface area contributed by atoms with Crippen molar-refractivity contribution in [3.05, 3.63) is 47.3 Å². The number of nitrogens with zero attached hydrogens (tertiary/aromatic N) is 3. The molecule has 1 aromatic heterocycles. The van der Waals surface area contributed by atoms with Crippen molar-refractivity contribution in [3.63, 3.8) is 0 Å². The van der Waals surface area contributed by atoms with E-state index < -0.39 is 21.4 Å². The molecular formula is C16H16FN3O4S. The standard InChI is InChI=1S/C16H16FN3O4S/c1-10-18-6-12-13(19-10)7-24-16(12)8-20(9-16)25(21,22)15-5-11(17)3-4-14(15)23-2/h3-6H,7-9H2,1-2H3. The van der Waals surface area contributed by atoms with Crippen LogP contribution in [-0.2, 0) is 27.0 Å². The Morgan fingerprint density at radius 2 is 2.12 bits per heavy atom. The van der Waals surface area contributed by atoms with E-state index >= 15 is 0 Å². The molecule has 4 rings (SSSR count). The summed E-state index contributed by atoms with van der Waals surface area (Å²) in [5.74, 6) is 0.114. The number of aromatic nitrogens is 2. The van der Waals surface area contributed by atoms with E-state index in [1.54, 1.807) is 13.1 Å². The van der Waals surface area contributed by atoms with Gasteiger partial charge in [0.25, 0.3) is 0 Å². The first-order chi connectivity index (χ1) is 11.9. The fraction of sp³-hybridized carbons (Fsp3) is 0.375. The van der Waals surface area contributed by atoms with Gasteiger partial charge in [0.2, 0.25) is 10.0 Å². The summed E-state index contributed by atoms with van der Waals surface area (Å²) in [6, 6.07) is 3.43. The van der Waals surface area contributed by atoms with Gasteiger partial charge in [0.05, 0.1) is 19.4 Å². The number of benzene rings is 1. The second-order valence-corrected chi connectivity index (χ2v) is 8.04. The van der Waals surface area contributed by atoms with Crippen molar-refractivity contribution in [1.82, 2.24) is 14.3 Å². The molecule has 0 unspecified atom stereocenters. The molecule has 0 bridgehead atoms. The molecular weight excluding hydrogens is 349 g/mol. The molecule has 1 spiro atoms. The second-order valence-electron chi connectivity index (χ2n) is 6.13. The topological polar surface area (TPSA) is 81.6 Å². The van der Waals surface area contributed by atoms with E-state index in [1.165, 1.54) is 17.5 Å². The van der Waals surface area contributed by atoms with E-state index in [2.05, 4.69) is 9.97 Å². The first-order valence-corrected chi connectivity index (χ1v) is 9.10. The zero-order valence-corrected chi connectivity index (χ0v) is 14.5. The molecule has 1 fully saturated rings. The molecule has 0 aliphatic carbocycles. The Labute approximate surface area is 144 Å². The second kappa shape index (κ2) is 5.45. The molecule has 1 saturated heterocycles. The van der Waals surface area contributed by atoms with Gasteiger partial charge in [-0.3, -0.25) is 0 Å². The highest BCUT2D eigenvalue weighted by Crippen LogP contribution is 2.45. The Hall–Kier alpha value is -2.10. The average molecular weight is 365 g/mol. The Bertz CT molecular complexity index is 958. The van der Waals surface area contributed by atoms with Crippen LogP contribution in [0.4, 0.5) is 4.39 Å². The van der Waals surface area contributed by atoms with Crippen LogP contribution >= 0.6 is 0 Å². The predicted molar refractivity (Wildman–Crippen MR) is 84.9 cm³/mol. The van der Waals surface area contributed by atoms with Gasteiger partial charge < -0.3 is 9.47 Å². The lowest BCUT2D eigenvalue weighted by atomic mass is 9.90. The highest BCUT2D eigenvalue weighted by molar-refractivity contribution is 7.89. The largest absolute Gasteiger partial charge is 0.495 e. The first-order valence-electron chi connectivity index (χ1n) is 7.66. The quantitative estimate of drug-likeness (QED) is 0.817. The summed E-state index contributed by atoms with van der Waals surface area (Å²) >= 11 is 0. The SMILES string of the molecule is COc1ccc(F)cc1S(=O)(=O)N1CC2(C1)OCc1nc(C)ncc12. The fourth-order valence-corrected chi connectivity index (χ4v) is 4.94. The van der Waals surface area contributed by atoms with Crippen LogP contribution in [0.5, 0.6) is 5.75 Å². The van der Waals surface area contributed by atoms with Crippen molar-refractivity contribution in [2.45, 2.75) is 24.0 Å². The van der Waals surface area contributed by atoms with Gasteiger partial charge in [-0.05, 0) is 25.1 Å². The van der Waals surface area contributed by atoms with E-state index in [-0.39, 0.29) is 23.7 Å². The average Bonchev–Trinajstić information content (AvgIpc) is 2.92. The third-order valence-corrected chi connectivity index (χ3v) is 6.38. The number of halogens is 1. The van der Waals surface area contributed by atoms with Gasteiger partial charge in [0.15, 0.2) is 0 Å². The number of fused-ring (bicyclic) bond motifs is 2. The predicted octanol–water partition coefficient (Wildman–Crippen LogP) is 1.36. The van der Waals surface area contributed by atoms with Gasteiger partial charge in [-0.2, -0.15) is 4.31 Å². The third-order valence-electron chi connectivity index (χ3n) is 4.57. The minimum absolute atomic E-state index is 0.106. The lowest BCUT2D eigenvalue weighted by molar-refractivity contribution is -0.112. The molecule has 9 heteroatoms. The van der Waals surface area contributed by atoms with Crippen LogP contribution in [0.15, 0.2) is 29.3 Å². The van der Waals surface area contributed by atoms with E-state index in [4.69, 9.17) is 9.47 Å². The van der Waals surface area contributed by atoms with E-state index in [0.29, 0.717) is 12.4 Å². The van der Waals surface area contributed by atoms with Gasteiger partial charge in [0.1, 0.15) is 27.9 Å². The summed E-state index contributed by atoms with van der Waals surface area (Å²) < 4.78 is 51.4. The zero-order chi connectivity index (χ0) is 17.8. The van der Waals surface area contributed by atoms with Crippen LogP contribution < -0.4 is 4.74 Å². The minimum atomic E-state index is -3.89. The van der Waals surface area contributed by atoms with Gasteiger partial charge in [-0.25, -0.2) is 22.8 Å². The molecule has 3 heterocycles. The molecule has 1 aromatic carbocycles. The van der Waals surface area contributed by atoms with Crippen molar-refractivity contribution in [2.75, 3.05) is 20.2 Å². The summed E-state index contributed by atoms with van der Waals surface area (Å²) in [5, 5.41) is 0. The van der Waals surface area contributed by atoms with Crippen molar-refractivity contribution >= 4 is 10.0 Å². The van der Waals surface area contributed by atoms with Crippen LogP contribution in [-0.4, -0.2) is 42.9 Å². The molecule has 0 saturated carbocycles. The number of rotatable bonds is 3. The smallest absolute Gasteiger partial charge is 0.247 e. The van der Waals surface area contributed by atoms with Crippen molar-refractivity contribution < 1.29 is 22.3 Å². The van der Waals surface area contributed by atoms with Gasteiger partial charge >= 0.3 is 0 Å². The third kappa shape index (κ3) is 2.42. The van der Waals surface area contributed by atoms with Crippen LogP contribution in [0.25, 0.3) is 0 Å². The first kappa shape index (κ1) is 16.4. The van der Waals surface area contributed by atoms with Crippen LogP contribution in [0, 0.1) is 12.7 Å². The van der Waals surface area contributed by atoms with Crippen LogP contribution in [0.2, 0.25) is 0 Å². The molecule has 0 amide bonds. The maximum Gasteiger partial charge on any atom is 0.247 e. The number of hydrogen-bond donors (Lipinski definition) is 0. The summed E-state index contributed by atoms with van der Waals surface area (Å²) in [5.41, 5.74) is 0.875. The lowest BCUT2D eigenvalue weighted by Crippen LogP contribution is -2.61. The summed E-state index contributed by atoms with van der Waals surface area (Å²) in [7, 11) is -2.55. The molecule has 7 nitrogen and oxygen atoms in total. The molecule has 25 heavy (non-hydrogen) atoms. The number of ether oxygens (including phenoxy) is 2. The van der Waals surface area contributed by atoms with Gasteiger partial charge in [0, 0.05) is 24.8 Å². The Balaban J connectivity index is 1.64. The highest BCUT2D eigenvalue weighted by atomic mass is 32.2. The Kier molecular flexibility index (Phi) is 3.57. The number of hydrogen-bond acceptors (Lipinski definition) is 6. The summed E-state index contributed by atoms with van der Waals surface area (Å²) in [6.45, 7) is 2.39. The monoisotopic (exact) mass is 365 g/mol. The maximum atomic E-state index is 13.5.